The van der Waals surface area contributed by atoms with E-state index in [9.17, 15) is 0 Å². The molecule has 1 aliphatic rings. The van der Waals surface area contributed by atoms with Crippen LogP contribution in [0.1, 0.15) is 38.7 Å². The summed E-state index contributed by atoms with van der Waals surface area (Å²) in [5, 5.41) is 3.66. The maximum Gasteiger partial charge on any atom is 0.217 e. The van der Waals surface area contributed by atoms with Gasteiger partial charge in [0.15, 0.2) is 0 Å². The molecule has 2 heterocycles. The summed E-state index contributed by atoms with van der Waals surface area (Å²) in [6.07, 6.45) is 5.68. The molecule has 1 aromatic rings. The standard InChI is InChI=1S/C17H29N3O/c1-4-10-20-11-6-8-16(13-20)14(2)19-12-15-7-5-9-18-17(15)21-3/h5,7,9,14,16,19H,4,6,8,10-13H2,1-3H3. The van der Waals surface area contributed by atoms with E-state index in [1.54, 1.807) is 13.3 Å². The Labute approximate surface area is 128 Å². The van der Waals surface area contributed by atoms with Gasteiger partial charge in [-0.1, -0.05) is 13.0 Å². The third-order valence-electron chi connectivity index (χ3n) is 4.45. The minimum Gasteiger partial charge on any atom is -0.481 e. The molecule has 2 rings (SSSR count). The third-order valence-corrected chi connectivity index (χ3v) is 4.45. The second-order valence-corrected chi connectivity index (χ2v) is 6.04. The molecular weight excluding hydrogens is 262 g/mol. The smallest absolute Gasteiger partial charge is 0.217 e. The van der Waals surface area contributed by atoms with E-state index in [2.05, 4.69) is 35.1 Å². The van der Waals surface area contributed by atoms with Gasteiger partial charge in [-0.15, -0.1) is 0 Å². The Kier molecular flexibility index (Phi) is 6.46. The van der Waals surface area contributed by atoms with Gasteiger partial charge in [-0.3, -0.25) is 0 Å². The molecule has 2 unspecified atom stereocenters. The highest BCUT2D eigenvalue weighted by Gasteiger charge is 2.24. The van der Waals surface area contributed by atoms with Gasteiger partial charge in [-0.05, 0) is 51.3 Å². The lowest BCUT2D eigenvalue weighted by Crippen LogP contribution is -2.44. The first-order valence-electron chi connectivity index (χ1n) is 8.18. The van der Waals surface area contributed by atoms with E-state index in [-0.39, 0.29) is 0 Å². The maximum absolute atomic E-state index is 5.31. The van der Waals surface area contributed by atoms with E-state index in [1.165, 1.54) is 38.9 Å². The van der Waals surface area contributed by atoms with E-state index >= 15 is 0 Å². The van der Waals surface area contributed by atoms with Gasteiger partial charge in [0.2, 0.25) is 5.88 Å². The normalized spacial score (nSPS) is 21.2. The van der Waals surface area contributed by atoms with Crippen LogP contribution in [0.25, 0.3) is 0 Å². The Balaban J connectivity index is 1.85. The largest absolute Gasteiger partial charge is 0.481 e. The highest BCUT2D eigenvalue weighted by molar-refractivity contribution is 5.25. The number of rotatable bonds is 7. The zero-order chi connectivity index (χ0) is 15.1. The first kappa shape index (κ1) is 16.2. The summed E-state index contributed by atoms with van der Waals surface area (Å²) in [4.78, 5) is 6.86. The lowest BCUT2D eigenvalue weighted by molar-refractivity contribution is 0.150. The van der Waals surface area contributed by atoms with Gasteiger partial charge in [-0.2, -0.15) is 0 Å². The second-order valence-electron chi connectivity index (χ2n) is 6.04. The van der Waals surface area contributed by atoms with Crippen molar-refractivity contribution in [2.24, 2.45) is 5.92 Å². The quantitative estimate of drug-likeness (QED) is 0.838. The van der Waals surface area contributed by atoms with Crippen molar-refractivity contribution in [3.8, 4) is 5.88 Å². The molecule has 0 bridgehead atoms. The molecule has 0 amide bonds. The van der Waals surface area contributed by atoms with Crippen molar-refractivity contribution in [2.75, 3.05) is 26.7 Å². The van der Waals surface area contributed by atoms with E-state index in [4.69, 9.17) is 4.74 Å². The van der Waals surface area contributed by atoms with Gasteiger partial charge in [0.1, 0.15) is 0 Å². The fourth-order valence-corrected chi connectivity index (χ4v) is 3.20. The number of methoxy groups -OCH3 is 1. The van der Waals surface area contributed by atoms with Gasteiger partial charge in [0, 0.05) is 30.9 Å². The van der Waals surface area contributed by atoms with Crippen LogP contribution < -0.4 is 10.1 Å². The van der Waals surface area contributed by atoms with Crippen molar-refractivity contribution in [3.05, 3.63) is 23.9 Å². The van der Waals surface area contributed by atoms with E-state index in [0.29, 0.717) is 6.04 Å². The molecule has 0 radical (unpaired) electrons. The molecule has 1 N–H and O–H groups in total. The van der Waals surface area contributed by atoms with Crippen LogP contribution in [-0.4, -0.2) is 42.7 Å². The number of nitrogens with one attached hydrogen (secondary N) is 1. The second kappa shape index (κ2) is 8.35. The molecule has 1 aromatic heterocycles. The SMILES string of the molecule is CCCN1CCCC(C(C)NCc2cccnc2OC)C1. The number of nitrogens with zero attached hydrogens (tertiary/aromatic N) is 2. The zero-order valence-corrected chi connectivity index (χ0v) is 13.6. The minimum absolute atomic E-state index is 0.523. The van der Waals surface area contributed by atoms with Gasteiger partial charge < -0.3 is 15.0 Å². The lowest BCUT2D eigenvalue weighted by atomic mass is 9.91. The van der Waals surface area contributed by atoms with Crippen LogP contribution in [0.2, 0.25) is 0 Å². The fourth-order valence-electron chi connectivity index (χ4n) is 3.20. The Bertz CT molecular complexity index is 422. The van der Waals surface area contributed by atoms with Crippen LogP contribution in [-0.2, 0) is 6.54 Å². The number of likely N-dealkylation sites (tertiary alicyclic amines) is 1. The van der Waals surface area contributed by atoms with Gasteiger partial charge in [0.25, 0.3) is 0 Å². The number of piperidine rings is 1. The molecule has 1 saturated heterocycles. The Hall–Kier alpha value is -1.13. The van der Waals surface area contributed by atoms with Crippen molar-refractivity contribution < 1.29 is 4.74 Å². The van der Waals surface area contributed by atoms with Crippen LogP contribution in [0.15, 0.2) is 18.3 Å². The summed E-state index contributed by atoms with van der Waals surface area (Å²) in [7, 11) is 1.68. The van der Waals surface area contributed by atoms with Crippen molar-refractivity contribution in [1.82, 2.24) is 15.2 Å². The molecule has 4 nitrogen and oxygen atoms in total. The topological polar surface area (TPSA) is 37.4 Å². The maximum atomic E-state index is 5.31. The Morgan fingerprint density at radius 1 is 1.52 bits per heavy atom. The summed E-state index contributed by atoms with van der Waals surface area (Å²) >= 11 is 0. The highest BCUT2D eigenvalue weighted by atomic mass is 16.5. The summed E-state index contributed by atoms with van der Waals surface area (Å²) < 4.78 is 5.31. The van der Waals surface area contributed by atoms with Gasteiger partial charge >= 0.3 is 0 Å². The van der Waals surface area contributed by atoms with Crippen molar-refractivity contribution in [3.63, 3.8) is 0 Å². The van der Waals surface area contributed by atoms with Crippen molar-refractivity contribution in [1.29, 1.82) is 0 Å². The monoisotopic (exact) mass is 291 g/mol. The number of hydrogen-bond acceptors (Lipinski definition) is 4. The predicted octanol–water partition coefficient (Wildman–Crippen LogP) is 2.69. The van der Waals surface area contributed by atoms with Crippen molar-refractivity contribution >= 4 is 0 Å². The average Bonchev–Trinajstić information content (AvgIpc) is 2.53. The molecule has 1 aliphatic heterocycles. The summed E-state index contributed by atoms with van der Waals surface area (Å²) in [6, 6.07) is 4.57. The predicted molar refractivity (Wildman–Crippen MR) is 86.5 cm³/mol. The average molecular weight is 291 g/mol. The molecule has 4 heteroatoms. The van der Waals surface area contributed by atoms with Crippen LogP contribution in [0, 0.1) is 5.92 Å². The third kappa shape index (κ3) is 4.68. The molecule has 0 aromatic carbocycles. The summed E-state index contributed by atoms with van der Waals surface area (Å²) in [5.74, 6) is 1.47. The number of pyridine rings is 1. The Morgan fingerprint density at radius 2 is 2.38 bits per heavy atom. The Morgan fingerprint density at radius 3 is 3.14 bits per heavy atom. The number of hydrogen-bond donors (Lipinski definition) is 1. The lowest BCUT2D eigenvalue weighted by Gasteiger charge is -2.36. The summed E-state index contributed by atoms with van der Waals surface area (Å²) in [5.41, 5.74) is 1.13. The zero-order valence-electron chi connectivity index (χ0n) is 13.6. The van der Waals surface area contributed by atoms with Crippen LogP contribution in [0.3, 0.4) is 0 Å². The van der Waals surface area contributed by atoms with Crippen LogP contribution in [0.4, 0.5) is 0 Å². The van der Waals surface area contributed by atoms with Gasteiger partial charge in [0.05, 0.1) is 7.11 Å². The van der Waals surface area contributed by atoms with E-state index in [0.717, 1.165) is 23.9 Å². The number of aromatic nitrogens is 1. The molecule has 0 spiro atoms. The molecule has 118 valence electrons. The first-order chi connectivity index (χ1) is 10.2. The fraction of sp³-hybridized carbons (Fsp3) is 0.706. The molecule has 0 aliphatic carbocycles. The van der Waals surface area contributed by atoms with Crippen LogP contribution >= 0.6 is 0 Å². The summed E-state index contributed by atoms with van der Waals surface area (Å²) in [6.45, 7) is 9.13. The van der Waals surface area contributed by atoms with E-state index in [1.807, 2.05) is 6.07 Å². The molecule has 2 atom stereocenters. The van der Waals surface area contributed by atoms with Crippen LogP contribution in [0.5, 0.6) is 5.88 Å². The van der Waals surface area contributed by atoms with Gasteiger partial charge in [-0.25, -0.2) is 4.98 Å². The molecule has 1 fully saturated rings. The van der Waals surface area contributed by atoms with Crippen molar-refractivity contribution in [2.45, 2.75) is 45.7 Å². The highest BCUT2D eigenvalue weighted by Crippen LogP contribution is 2.21. The molecule has 21 heavy (non-hydrogen) atoms. The minimum atomic E-state index is 0.523. The molecular formula is C17H29N3O. The molecule has 0 saturated carbocycles. The first-order valence-corrected chi connectivity index (χ1v) is 8.18. The number of ether oxygens (including phenoxy) is 1. The van der Waals surface area contributed by atoms with E-state index < -0.39 is 0 Å².